The summed E-state index contributed by atoms with van der Waals surface area (Å²) in [6.45, 7) is 0.392. The van der Waals surface area contributed by atoms with Crippen LogP contribution in [0.3, 0.4) is 0 Å². The molecule has 2 bridgehead atoms. The first-order chi connectivity index (χ1) is 8.75. The Labute approximate surface area is 104 Å². The quantitative estimate of drug-likeness (QED) is 0.856. The van der Waals surface area contributed by atoms with Crippen LogP contribution in [0, 0.1) is 23.7 Å². The summed E-state index contributed by atoms with van der Waals surface area (Å²) in [5.74, 6) is 4.00. The fourth-order valence-electron chi connectivity index (χ4n) is 4.48. The van der Waals surface area contributed by atoms with Crippen molar-refractivity contribution < 1.29 is 9.90 Å². The van der Waals surface area contributed by atoms with Crippen LogP contribution >= 0.6 is 0 Å². The third-order valence-electron chi connectivity index (χ3n) is 5.13. The topological polar surface area (TPSA) is 80.9 Å². The number of tetrazole rings is 1. The SMILES string of the molecule is O=C(O)CCn1nnnc1C1C2C3CCC(C3)C12. The average molecular weight is 248 g/mol. The Morgan fingerprint density at radius 1 is 1.33 bits per heavy atom. The van der Waals surface area contributed by atoms with Crippen LogP contribution in [0.25, 0.3) is 0 Å². The molecule has 3 aliphatic carbocycles. The molecule has 1 N–H and O–H groups in total. The minimum Gasteiger partial charge on any atom is -0.481 e. The number of hydrogen-bond donors (Lipinski definition) is 1. The lowest BCUT2D eigenvalue weighted by Crippen LogP contribution is -2.11. The van der Waals surface area contributed by atoms with Crippen LogP contribution in [-0.4, -0.2) is 31.3 Å². The van der Waals surface area contributed by atoms with Gasteiger partial charge >= 0.3 is 5.97 Å². The number of carboxylic acid groups (broad SMARTS) is 1. The highest BCUT2D eigenvalue weighted by molar-refractivity contribution is 5.66. The molecular weight excluding hydrogens is 232 g/mol. The van der Waals surface area contributed by atoms with E-state index in [1.165, 1.54) is 19.3 Å². The number of aliphatic carboxylic acids is 1. The number of fused-ring (bicyclic) bond motifs is 5. The zero-order valence-electron chi connectivity index (χ0n) is 10.1. The van der Waals surface area contributed by atoms with Crippen molar-refractivity contribution in [1.29, 1.82) is 0 Å². The van der Waals surface area contributed by atoms with Crippen molar-refractivity contribution in [2.75, 3.05) is 0 Å². The van der Waals surface area contributed by atoms with Gasteiger partial charge < -0.3 is 5.11 Å². The van der Waals surface area contributed by atoms with E-state index in [0.717, 1.165) is 29.5 Å². The number of nitrogens with zero attached hydrogens (tertiary/aromatic N) is 4. The Bertz CT molecular complexity index is 484. The largest absolute Gasteiger partial charge is 0.481 e. The molecule has 4 rings (SSSR count). The van der Waals surface area contributed by atoms with Gasteiger partial charge in [0.15, 0.2) is 5.82 Å². The maximum atomic E-state index is 10.6. The Hall–Kier alpha value is -1.46. The van der Waals surface area contributed by atoms with Crippen molar-refractivity contribution in [2.45, 2.75) is 38.1 Å². The first-order valence-electron chi connectivity index (χ1n) is 6.73. The van der Waals surface area contributed by atoms with Crippen LogP contribution in [0.2, 0.25) is 0 Å². The van der Waals surface area contributed by atoms with Gasteiger partial charge in [0, 0.05) is 5.92 Å². The van der Waals surface area contributed by atoms with Crippen molar-refractivity contribution in [3.8, 4) is 0 Å². The number of rotatable bonds is 4. The lowest BCUT2D eigenvalue weighted by Gasteiger charge is -2.08. The average Bonchev–Trinajstić information content (AvgIpc) is 2.77. The number of carbonyl (C=O) groups is 1. The molecule has 18 heavy (non-hydrogen) atoms. The van der Waals surface area contributed by atoms with Gasteiger partial charge in [0.25, 0.3) is 0 Å². The van der Waals surface area contributed by atoms with Gasteiger partial charge in [-0.15, -0.1) is 5.10 Å². The third-order valence-corrected chi connectivity index (χ3v) is 5.13. The van der Waals surface area contributed by atoms with E-state index < -0.39 is 5.97 Å². The summed E-state index contributed by atoms with van der Waals surface area (Å²) in [7, 11) is 0. The summed E-state index contributed by atoms with van der Waals surface area (Å²) < 4.78 is 1.70. The predicted molar refractivity (Wildman–Crippen MR) is 60.6 cm³/mol. The smallest absolute Gasteiger partial charge is 0.305 e. The van der Waals surface area contributed by atoms with E-state index in [1.54, 1.807) is 4.68 Å². The highest BCUT2D eigenvalue weighted by Crippen LogP contribution is 2.72. The molecule has 0 radical (unpaired) electrons. The van der Waals surface area contributed by atoms with Crippen LogP contribution in [0.5, 0.6) is 0 Å². The van der Waals surface area contributed by atoms with Crippen molar-refractivity contribution >= 4 is 5.97 Å². The summed E-state index contributed by atoms with van der Waals surface area (Å²) in [4.78, 5) is 10.6. The molecule has 0 amide bonds. The molecule has 1 aromatic rings. The molecule has 0 spiro atoms. The Kier molecular flexibility index (Phi) is 2.05. The summed E-state index contributed by atoms with van der Waals surface area (Å²) >= 11 is 0. The number of hydrogen-bond acceptors (Lipinski definition) is 4. The first-order valence-corrected chi connectivity index (χ1v) is 6.73. The molecule has 3 aliphatic rings. The second-order valence-corrected chi connectivity index (χ2v) is 5.92. The van der Waals surface area contributed by atoms with Gasteiger partial charge in [0.2, 0.25) is 0 Å². The zero-order valence-corrected chi connectivity index (χ0v) is 10.1. The highest BCUT2D eigenvalue weighted by Gasteiger charge is 2.66. The van der Waals surface area contributed by atoms with Crippen LogP contribution < -0.4 is 0 Å². The van der Waals surface area contributed by atoms with E-state index in [-0.39, 0.29) is 6.42 Å². The molecule has 96 valence electrons. The second-order valence-electron chi connectivity index (χ2n) is 5.92. The summed E-state index contributed by atoms with van der Waals surface area (Å²) in [6, 6.07) is 0. The molecular formula is C12H16N4O2. The van der Waals surface area contributed by atoms with Crippen molar-refractivity contribution in [3.63, 3.8) is 0 Å². The molecule has 0 aliphatic heterocycles. The number of aromatic nitrogens is 4. The van der Waals surface area contributed by atoms with Gasteiger partial charge in [-0.25, -0.2) is 4.68 Å². The Balaban J connectivity index is 1.53. The van der Waals surface area contributed by atoms with E-state index in [4.69, 9.17) is 5.11 Å². The molecule has 6 nitrogen and oxygen atoms in total. The van der Waals surface area contributed by atoms with E-state index in [9.17, 15) is 4.79 Å². The standard InChI is InChI=1S/C12H16N4O2/c17-8(18)3-4-16-12(13-14-15-16)11-9-6-1-2-7(5-6)10(9)11/h6-7,9-11H,1-5H2,(H,17,18). The van der Waals surface area contributed by atoms with E-state index in [0.29, 0.717) is 12.5 Å². The lowest BCUT2D eigenvalue weighted by molar-refractivity contribution is -0.137. The van der Waals surface area contributed by atoms with E-state index in [2.05, 4.69) is 15.5 Å². The maximum absolute atomic E-state index is 10.6. The van der Waals surface area contributed by atoms with Gasteiger partial charge in [0.1, 0.15) is 0 Å². The minimum absolute atomic E-state index is 0.0902. The van der Waals surface area contributed by atoms with Crippen molar-refractivity contribution in [3.05, 3.63) is 5.82 Å². The molecule has 3 fully saturated rings. The number of aryl methyl sites for hydroxylation is 1. The van der Waals surface area contributed by atoms with E-state index in [1.807, 2.05) is 0 Å². The predicted octanol–water partition coefficient (Wildman–Crippen LogP) is 0.907. The normalized spacial score (nSPS) is 39.9. The number of carboxylic acids is 1. The fraction of sp³-hybridized carbons (Fsp3) is 0.833. The van der Waals surface area contributed by atoms with E-state index >= 15 is 0 Å². The molecule has 0 aromatic carbocycles. The Morgan fingerprint density at radius 3 is 2.72 bits per heavy atom. The molecule has 6 heteroatoms. The van der Waals surface area contributed by atoms with Crippen LogP contribution in [0.15, 0.2) is 0 Å². The summed E-state index contributed by atoms with van der Waals surface area (Å²) in [5, 5.41) is 20.5. The monoisotopic (exact) mass is 248 g/mol. The van der Waals surface area contributed by atoms with Crippen LogP contribution in [-0.2, 0) is 11.3 Å². The summed E-state index contributed by atoms with van der Waals surface area (Å²) in [5.41, 5.74) is 0. The second kappa shape index (κ2) is 3.52. The Morgan fingerprint density at radius 2 is 2.06 bits per heavy atom. The van der Waals surface area contributed by atoms with Gasteiger partial charge in [-0.05, 0) is 53.4 Å². The summed E-state index contributed by atoms with van der Waals surface area (Å²) in [6.07, 6.45) is 4.24. The van der Waals surface area contributed by atoms with Gasteiger partial charge in [-0.2, -0.15) is 0 Å². The van der Waals surface area contributed by atoms with Crippen LogP contribution in [0.4, 0.5) is 0 Å². The minimum atomic E-state index is -0.799. The molecule has 4 atom stereocenters. The fourth-order valence-corrected chi connectivity index (χ4v) is 4.48. The van der Waals surface area contributed by atoms with Crippen molar-refractivity contribution in [2.24, 2.45) is 23.7 Å². The van der Waals surface area contributed by atoms with Gasteiger partial charge in [-0.3, -0.25) is 4.79 Å². The van der Waals surface area contributed by atoms with Gasteiger partial charge in [-0.1, -0.05) is 0 Å². The first kappa shape index (κ1) is 10.5. The molecule has 1 aromatic heterocycles. The van der Waals surface area contributed by atoms with Crippen LogP contribution in [0.1, 0.15) is 37.4 Å². The molecule has 0 saturated heterocycles. The third kappa shape index (κ3) is 1.34. The van der Waals surface area contributed by atoms with Gasteiger partial charge in [0.05, 0.1) is 13.0 Å². The molecule has 3 saturated carbocycles. The molecule has 1 heterocycles. The van der Waals surface area contributed by atoms with Crippen molar-refractivity contribution in [1.82, 2.24) is 20.2 Å². The maximum Gasteiger partial charge on any atom is 0.305 e. The highest BCUT2D eigenvalue weighted by atomic mass is 16.4. The zero-order chi connectivity index (χ0) is 12.3. The lowest BCUT2D eigenvalue weighted by atomic mass is 10.0. The molecule has 4 unspecified atom stereocenters.